The maximum absolute atomic E-state index is 4.42. The maximum atomic E-state index is 4.42. The molecule has 3 heteroatoms. The highest BCUT2D eigenvalue weighted by molar-refractivity contribution is 7.81. The van der Waals surface area contributed by atoms with Crippen LogP contribution in [0.3, 0.4) is 0 Å². The van der Waals surface area contributed by atoms with Gasteiger partial charge in [0.2, 0.25) is 0 Å². The van der Waals surface area contributed by atoms with Crippen molar-refractivity contribution in [3.05, 3.63) is 47.5 Å². The SMILES string of the molecule is C=Cc1c(NC(=C)CC(S)C=C)sc2c1CCCC2. The van der Waals surface area contributed by atoms with Gasteiger partial charge in [-0.05, 0) is 31.2 Å². The second kappa shape index (κ2) is 6.49. The lowest BCUT2D eigenvalue weighted by molar-refractivity contribution is 0.696. The van der Waals surface area contributed by atoms with Gasteiger partial charge in [0.1, 0.15) is 5.00 Å². The molecule has 102 valence electrons. The molecule has 0 saturated carbocycles. The number of hydrogen-bond acceptors (Lipinski definition) is 3. The number of fused-ring (bicyclic) bond motifs is 1. The van der Waals surface area contributed by atoms with Crippen LogP contribution in [0.25, 0.3) is 6.08 Å². The molecular weight excluding hydrogens is 270 g/mol. The molecular formula is C16H21NS2. The molecule has 1 N–H and O–H groups in total. The van der Waals surface area contributed by atoms with E-state index in [1.165, 1.54) is 46.7 Å². The first-order chi connectivity index (χ1) is 9.15. The molecule has 1 unspecified atom stereocenters. The Hall–Kier alpha value is -0.930. The van der Waals surface area contributed by atoms with Gasteiger partial charge in [0.05, 0.1) is 0 Å². The van der Waals surface area contributed by atoms with Gasteiger partial charge in [-0.15, -0.1) is 17.9 Å². The van der Waals surface area contributed by atoms with Gasteiger partial charge in [0.25, 0.3) is 0 Å². The molecule has 0 amide bonds. The molecule has 2 rings (SSSR count). The van der Waals surface area contributed by atoms with E-state index in [9.17, 15) is 0 Å². The molecule has 0 saturated heterocycles. The lowest BCUT2D eigenvalue weighted by Crippen LogP contribution is -2.04. The summed E-state index contributed by atoms with van der Waals surface area (Å²) in [6.07, 6.45) is 9.59. The standard InChI is InChI=1S/C16H21NS2/c1-4-12(18)10-11(3)17-16-13(5-2)14-8-6-7-9-15(14)19-16/h4-5,12,17-18H,1-3,6-10H2. The predicted molar refractivity (Wildman–Crippen MR) is 91.4 cm³/mol. The zero-order valence-corrected chi connectivity index (χ0v) is 13.0. The van der Waals surface area contributed by atoms with E-state index in [0.29, 0.717) is 0 Å². The molecule has 1 heterocycles. The summed E-state index contributed by atoms with van der Waals surface area (Å²) in [7, 11) is 0. The number of allylic oxidation sites excluding steroid dienone is 1. The third kappa shape index (κ3) is 3.34. The van der Waals surface area contributed by atoms with Crippen LogP contribution in [0.1, 0.15) is 35.3 Å². The lowest BCUT2D eigenvalue weighted by Gasteiger charge is -2.12. The predicted octanol–water partition coefficient (Wildman–Crippen LogP) is 5.07. The van der Waals surface area contributed by atoms with Gasteiger partial charge >= 0.3 is 0 Å². The number of thiophene rings is 1. The Morgan fingerprint density at radius 2 is 2.11 bits per heavy atom. The highest BCUT2D eigenvalue weighted by atomic mass is 32.1. The number of aryl methyl sites for hydroxylation is 1. The normalized spacial score (nSPS) is 15.4. The van der Waals surface area contributed by atoms with Gasteiger partial charge in [-0.2, -0.15) is 12.6 Å². The van der Waals surface area contributed by atoms with Gasteiger partial charge in [-0.3, -0.25) is 0 Å². The maximum Gasteiger partial charge on any atom is 0.100 e. The van der Waals surface area contributed by atoms with E-state index < -0.39 is 0 Å². The fraction of sp³-hybridized carbons (Fsp3) is 0.375. The molecule has 0 radical (unpaired) electrons. The van der Waals surface area contributed by atoms with E-state index >= 15 is 0 Å². The molecule has 1 nitrogen and oxygen atoms in total. The number of hydrogen-bond donors (Lipinski definition) is 2. The smallest absolute Gasteiger partial charge is 0.100 e. The van der Waals surface area contributed by atoms with Crippen LogP contribution in [0.5, 0.6) is 0 Å². The van der Waals surface area contributed by atoms with E-state index in [4.69, 9.17) is 0 Å². The summed E-state index contributed by atoms with van der Waals surface area (Å²) in [4.78, 5) is 1.52. The van der Waals surface area contributed by atoms with Crippen molar-refractivity contribution in [2.75, 3.05) is 5.32 Å². The fourth-order valence-corrected chi connectivity index (χ4v) is 4.01. The Kier molecular flexibility index (Phi) is 4.94. The van der Waals surface area contributed by atoms with Crippen LogP contribution in [0.2, 0.25) is 0 Å². The Morgan fingerprint density at radius 1 is 1.37 bits per heavy atom. The van der Waals surface area contributed by atoms with Gasteiger partial charge in [-0.25, -0.2) is 0 Å². The summed E-state index contributed by atoms with van der Waals surface area (Å²) in [5.74, 6) is 0. The lowest BCUT2D eigenvalue weighted by atomic mass is 9.95. The molecule has 0 bridgehead atoms. The topological polar surface area (TPSA) is 12.0 Å². The average molecular weight is 291 g/mol. The van der Waals surface area contributed by atoms with Crippen molar-refractivity contribution in [1.82, 2.24) is 0 Å². The summed E-state index contributed by atoms with van der Waals surface area (Å²) < 4.78 is 0. The van der Waals surface area contributed by atoms with Crippen LogP contribution < -0.4 is 5.32 Å². The number of rotatable bonds is 6. The second-order valence-electron chi connectivity index (χ2n) is 4.89. The molecule has 1 atom stereocenters. The molecule has 19 heavy (non-hydrogen) atoms. The van der Waals surface area contributed by atoms with Crippen molar-refractivity contribution in [2.45, 2.75) is 37.4 Å². The number of nitrogens with one attached hydrogen (secondary N) is 1. The Balaban J connectivity index is 2.16. The van der Waals surface area contributed by atoms with Gasteiger partial charge < -0.3 is 5.32 Å². The Bertz CT molecular complexity index is 499. The van der Waals surface area contributed by atoms with E-state index in [1.807, 2.05) is 23.5 Å². The summed E-state index contributed by atoms with van der Waals surface area (Å²) >= 11 is 6.28. The zero-order chi connectivity index (χ0) is 13.8. The molecule has 1 aromatic heterocycles. The molecule has 1 aliphatic carbocycles. The quantitative estimate of drug-likeness (QED) is 0.551. The van der Waals surface area contributed by atoms with Crippen molar-refractivity contribution in [1.29, 1.82) is 0 Å². The first kappa shape index (κ1) is 14.5. The minimum absolute atomic E-state index is 0.154. The minimum atomic E-state index is 0.154. The van der Waals surface area contributed by atoms with Crippen molar-refractivity contribution in [3.63, 3.8) is 0 Å². The van der Waals surface area contributed by atoms with Crippen LogP contribution in [-0.4, -0.2) is 5.25 Å². The Morgan fingerprint density at radius 3 is 2.79 bits per heavy atom. The van der Waals surface area contributed by atoms with E-state index in [1.54, 1.807) is 0 Å². The van der Waals surface area contributed by atoms with Crippen molar-refractivity contribution < 1.29 is 0 Å². The van der Waals surface area contributed by atoms with Crippen LogP contribution >= 0.6 is 24.0 Å². The van der Waals surface area contributed by atoms with Crippen LogP contribution in [0.4, 0.5) is 5.00 Å². The number of anilines is 1. The van der Waals surface area contributed by atoms with E-state index in [2.05, 4.69) is 37.7 Å². The first-order valence-electron chi connectivity index (χ1n) is 6.68. The Labute approximate surface area is 125 Å². The van der Waals surface area contributed by atoms with E-state index in [-0.39, 0.29) is 5.25 Å². The average Bonchev–Trinajstić information content (AvgIpc) is 2.75. The second-order valence-corrected chi connectivity index (χ2v) is 6.66. The minimum Gasteiger partial charge on any atom is -0.351 e. The van der Waals surface area contributed by atoms with Crippen LogP contribution in [-0.2, 0) is 12.8 Å². The van der Waals surface area contributed by atoms with Gasteiger partial charge in [-0.1, -0.05) is 25.3 Å². The molecule has 1 aromatic rings. The molecule has 0 spiro atoms. The summed E-state index contributed by atoms with van der Waals surface area (Å²) in [5, 5.41) is 4.79. The monoisotopic (exact) mass is 291 g/mol. The zero-order valence-electron chi connectivity index (χ0n) is 11.2. The third-order valence-corrected chi connectivity index (χ3v) is 5.05. The molecule has 0 fully saturated rings. The van der Waals surface area contributed by atoms with Gasteiger partial charge in [0.15, 0.2) is 0 Å². The molecule has 0 aromatic carbocycles. The largest absolute Gasteiger partial charge is 0.351 e. The van der Waals surface area contributed by atoms with Crippen molar-refractivity contribution in [2.24, 2.45) is 0 Å². The van der Waals surface area contributed by atoms with E-state index in [0.717, 1.165) is 12.1 Å². The van der Waals surface area contributed by atoms with Crippen molar-refractivity contribution in [3.8, 4) is 0 Å². The highest BCUT2D eigenvalue weighted by Crippen LogP contribution is 2.39. The molecule has 0 aliphatic heterocycles. The summed E-state index contributed by atoms with van der Waals surface area (Å²) in [6, 6.07) is 0. The summed E-state index contributed by atoms with van der Waals surface area (Å²) in [5.41, 5.74) is 3.75. The summed E-state index contributed by atoms with van der Waals surface area (Å²) in [6.45, 7) is 11.8. The highest BCUT2D eigenvalue weighted by Gasteiger charge is 2.19. The van der Waals surface area contributed by atoms with Crippen LogP contribution in [0.15, 0.2) is 31.5 Å². The number of thiol groups is 1. The van der Waals surface area contributed by atoms with Gasteiger partial charge in [0, 0.05) is 27.8 Å². The molecule has 1 aliphatic rings. The first-order valence-corrected chi connectivity index (χ1v) is 8.01. The third-order valence-electron chi connectivity index (χ3n) is 3.43. The van der Waals surface area contributed by atoms with Crippen molar-refractivity contribution >= 4 is 35.0 Å². The van der Waals surface area contributed by atoms with Crippen LogP contribution in [0, 0.1) is 0 Å². The fourth-order valence-electron chi connectivity index (χ4n) is 2.45.